The third-order valence-electron chi connectivity index (χ3n) is 10.5. The monoisotopic (exact) mass is 977 g/mol. The van der Waals surface area contributed by atoms with Crippen LogP contribution < -0.4 is 15.4 Å². The number of nitrogens with one attached hydrogen (secondary N) is 2. The van der Waals surface area contributed by atoms with Crippen molar-refractivity contribution in [1.82, 2.24) is 4.72 Å². The van der Waals surface area contributed by atoms with Gasteiger partial charge in [0.15, 0.2) is 0 Å². The molecule has 0 spiro atoms. The third-order valence-corrected chi connectivity index (χ3v) is 16.1. The van der Waals surface area contributed by atoms with Crippen molar-refractivity contribution in [2.75, 3.05) is 11.9 Å². The summed E-state index contributed by atoms with van der Waals surface area (Å²) in [6.07, 6.45) is 1.10. The van der Waals surface area contributed by atoms with Gasteiger partial charge in [0.05, 0.1) is 21.6 Å². The number of sulfonamides is 1. The third kappa shape index (κ3) is 9.36. The molecule has 342 valence electrons. The molecule has 4 aromatic carbocycles. The molecule has 0 aromatic heterocycles. The zero-order valence-corrected chi connectivity index (χ0v) is 39.2. The molecule has 1 aliphatic heterocycles. The Labute approximate surface area is 370 Å². The average Bonchev–Trinajstić information content (AvgIpc) is 3.14. The van der Waals surface area contributed by atoms with E-state index in [9.17, 15) is 60.3 Å². The molecule has 64 heavy (non-hydrogen) atoms. The number of unbranched alkanes of at least 4 members (excludes halogenated alkanes) is 1. The van der Waals surface area contributed by atoms with E-state index in [0.717, 1.165) is 24.3 Å². The highest BCUT2D eigenvalue weighted by atomic mass is 32.2. The van der Waals surface area contributed by atoms with Crippen LogP contribution in [-0.4, -0.2) is 66.8 Å². The van der Waals surface area contributed by atoms with Crippen molar-refractivity contribution in [3.63, 3.8) is 0 Å². The van der Waals surface area contributed by atoms with Gasteiger partial charge in [-0.2, -0.15) is 33.7 Å². The lowest BCUT2D eigenvalue weighted by Gasteiger charge is -2.22. The summed E-state index contributed by atoms with van der Waals surface area (Å²) >= 11 is 0. The summed E-state index contributed by atoms with van der Waals surface area (Å²) in [4.78, 5) is 1.45. The van der Waals surface area contributed by atoms with Crippen molar-refractivity contribution in [2.24, 2.45) is 4.99 Å². The Morgan fingerprint density at radius 3 is 1.77 bits per heavy atom. The molecule has 4 aromatic rings. The fraction of sp³-hybridized carbons (Fsp3) is 0.244. The summed E-state index contributed by atoms with van der Waals surface area (Å²) < 4.78 is 181. The second-order valence-electron chi connectivity index (χ2n) is 15.2. The summed E-state index contributed by atoms with van der Waals surface area (Å²) in [5.41, 5.74) is -0.201. The van der Waals surface area contributed by atoms with Crippen molar-refractivity contribution in [2.45, 2.75) is 85.8 Å². The molecular formula is C41H43N3O15S5. The van der Waals surface area contributed by atoms with Gasteiger partial charge in [0, 0.05) is 46.4 Å². The summed E-state index contributed by atoms with van der Waals surface area (Å²) in [5.74, 6) is -0.237. The van der Waals surface area contributed by atoms with E-state index in [-0.39, 0.29) is 84.2 Å². The molecule has 0 saturated carbocycles. The number of fused-ring (bicyclic) bond motifs is 2. The number of hydrogen-bond acceptors (Lipinski definition) is 13. The lowest BCUT2D eigenvalue weighted by molar-refractivity contribution is 0.479. The van der Waals surface area contributed by atoms with E-state index in [2.05, 4.69) is 15.0 Å². The average molecular weight is 978 g/mol. The Morgan fingerprint density at radius 1 is 0.609 bits per heavy atom. The fourth-order valence-electron chi connectivity index (χ4n) is 7.93. The van der Waals surface area contributed by atoms with Gasteiger partial charge >= 0.3 is 0 Å². The standard InChI is InChI=1S/C41H43N3O15S5/c1-8-9-14-42-60(45,46)34-13-11-10-12-27(34)37-28-17-35(61(47,48)49)30(43-38-21(2)15-23(4)40(25(38)6)63(53,54)55)19-32(28)59-33-20-31(36(18-29(33)37)62(50,51)52)44-39-22(3)16-24(5)41(26(39)7)64(56,57)58/h10-13,15-20,42-43H,8-9,14H2,1-7H3,(H,47,48,49)(H,50,51,52)(H,53,54,55)(H,56,57,58). The highest BCUT2D eigenvalue weighted by Crippen LogP contribution is 2.46. The molecule has 6 rings (SSSR count). The maximum absolute atomic E-state index is 14.0. The van der Waals surface area contributed by atoms with Gasteiger partial charge in [0.1, 0.15) is 30.9 Å². The van der Waals surface area contributed by atoms with Crippen LogP contribution in [0, 0.1) is 41.5 Å². The summed E-state index contributed by atoms with van der Waals surface area (Å²) in [6, 6.07) is 12.3. The molecule has 23 heteroatoms. The molecule has 2 aliphatic rings. The van der Waals surface area contributed by atoms with Gasteiger partial charge in [-0.15, -0.1) is 0 Å². The largest absolute Gasteiger partial charge is 0.456 e. The van der Waals surface area contributed by atoms with E-state index in [1.807, 2.05) is 6.92 Å². The van der Waals surface area contributed by atoms with Crippen molar-refractivity contribution >= 4 is 78.5 Å². The molecule has 0 radical (unpaired) electrons. The van der Waals surface area contributed by atoms with Gasteiger partial charge in [0.25, 0.3) is 40.5 Å². The number of benzene rings is 5. The lowest BCUT2D eigenvalue weighted by Crippen LogP contribution is -2.25. The Bertz CT molecular complexity index is 3570. The second-order valence-corrected chi connectivity index (χ2v) is 22.4. The van der Waals surface area contributed by atoms with E-state index in [1.165, 1.54) is 64.1 Å². The molecule has 0 bridgehead atoms. The van der Waals surface area contributed by atoms with Gasteiger partial charge in [-0.1, -0.05) is 43.7 Å². The Balaban J connectivity index is 1.83. The highest BCUT2D eigenvalue weighted by Gasteiger charge is 2.30. The predicted octanol–water partition coefficient (Wildman–Crippen LogP) is 7.10. The first-order valence-electron chi connectivity index (χ1n) is 19.1. The summed E-state index contributed by atoms with van der Waals surface area (Å²) in [7, 11) is -24.5. The van der Waals surface area contributed by atoms with E-state index >= 15 is 0 Å². The number of hydrogen-bond donors (Lipinski definition) is 6. The van der Waals surface area contributed by atoms with Gasteiger partial charge in [-0.25, -0.2) is 18.1 Å². The molecular weight excluding hydrogens is 935 g/mol. The van der Waals surface area contributed by atoms with Crippen LogP contribution in [0.3, 0.4) is 0 Å². The van der Waals surface area contributed by atoms with Crippen LogP contribution in [-0.2, 0) is 50.5 Å². The molecule has 1 heterocycles. The molecule has 0 saturated heterocycles. The van der Waals surface area contributed by atoms with Crippen LogP contribution >= 0.6 is 0 Å². The fourth-order valence-corrected chi connectivity index (χ4v) is 12.4. The van der Waals surface area contributed by atoms with Gasteiger partial charge in [-0.3, -0.25) is 18.2 Å². The molecule has 0 amide bonds. The topological polar surface area (TPSA) is 301 Å². The molecule has 0 atom stereocenters. The van der Waals surface area contributed by atoms with Crippen LogP contribution in [0.4, 0.5) is 17.1 Å². The minimum absolute atomic E-state index is 0.0184. The van der Waals surface area contributed by atoms with E-state index in [1.54, 1.807) is 13.8 Å². The summed E-state index contributed by atoms with van der Waals surface area (Å²) in [5, 5.41) is 2.14. The van der Waals surface area contributed by atoms with Gasteiger partial charge in [0.2, 0.25) is 10.0 Å². The number of rotatable bonds is 13. The Morgan fingerprint density at radius 2 is 1.19 bits per heavy atom. The first kappa shape index (κ1) is 48.4. The lowest BCUT2D eigenvalue weighted by atomic mass is 9.93. The normalized spacial score (nSPS) is 13.3. The van der Waals surface area contributed by atoms with E-state index in [4.69, 9.17) is 4.42 Å². The zero-order valence-electron chi connectivity index (χ0n) is 35.2. The minimum Gasteiger partial charge on any atom is -0.456 e. The second kappa shape index (κ2) is 17.0. The molecule has 1 aliphatic carbocycles. The van der Waals surface area contributed by atoms with Crippen LogP contribution in [0.15, 0.2) is 94.6 Å². The van der Waals surface area contributed by atoms with Gasteiger partial charge < -0.3 is 9.73 Å². The molecule has 18 nitrogen and oxygen atoms in total. The number of nitrogens with zero attached hydrogens (tertiary/aromatic N) is 1. The maximum atomic E-state index is 14.0. The maximum Gasteiger partial charge on any atom is 0.296 e. The smallest absolute Gasteiger partial charge is 0.296 e. The van der Waals surface area contributed by atoms with Crippen LogP contribution in [0.1, 0.15) is 53.1 Å². The van der Waals surface area contributed by atoms with Crippen molar-refractivity contribution in [1.29, 1.82) is 0 Å². The zero-order chi connectivity index (χ0) is 47.6. The van der Waals surface area contributed by atoms with Crippen LogP contribution in [0.25, 0.3) is 33.4 Å². The predicted molar refractivity (Wildman–Crippen MR) is 237 cm³/mol. The first-order chi connectivity index (χ1) is 29.5. The van der Waals surface area contributed by atoms with Crippen LogP contribution in [0.2, 0.25) is 0 Å². The van der Waals surface area contributed by atoms with E-state index in [0.29, 0.717) is 24.0 Å². The number of aryl methyl sites for hydroxylation is 4. The Hall–Kier alpha value is -5.08. The van der Waals surface area contributed by atoms with E-state index < -0.39 is 75.4 Å². The minimum atomic E-state index is -5.26. The molecule has 6 N–H and O–H groups in total. The SMILES string of the molecule is CCCCNS(=O)(=O)c1ccccc1-c1c2cc(S(=O)(=O)O)c(=Nc3c(C)cc(C)c(S(=O)(=O)O)c3C)cc-2oc2cc(Nc3c(C)cc(C)c(S(=O)(=O)O)c3C)c(S(=O)(=O)O)cc12. The van der Waals surface area contributed by atoms with Gasteiger partial charge in [-0.05, 0) is 99.5 Å². The first-order valence-corrected chi connectivity index (χ1v) is 26.3. The quantitative estimate of drug-likeness (QED) is 0.0382. The van der Waals surface area contributed by atoms with Crippen molar-refractivity contribution < 1.29 is 64.7 Å². The van der Waals surface area contributed by atoms with Crippen molar-refractivity contribution in [3.8, 4) is 22.5 Å². The number of anilines is 2. The highest BCUT2D eigenvalue weighted by molar-refractivity contribution is 7.89. The molecule has 0 fully saturated rings. The molecule has 0 unspecified atom stereocenters. The Kier molecular flexibility index (Phi) is 12.9. The van der Waals surface area contributed by atoms with Crippen LogP contribution in [0.5, 0.6) is 0 Å². The summed E-state index contributed by atoms with van der Waals surface area (Å²) in [6.45, 7) is 10.6. The van der Waals surface area contributed by atoms with Crippen molar-refractivity contribution in [3.05, 3.63) is 99.4 Å².